The van der Waals surface area contributed by atoms with Crippen LogP contribution in [0.25, 0.3) is 20.1 Å². The summed E-state index contributed by atoms with van der Waals surface area (Å²) in [5.74, 6) is -0.792. The van der Waals surface area contributed by atoms with Crippen molar-refractivity contribution in [3.05, 3.63) is 41.3 Å². The number of hydrogen-bond donors (Lipinski definition) is 1. The smallest absolute Gasteiger partial charge is 0.348 e. The Balaban J connectivity index is 1.64. The normalized spacial score (nSPS) is 11.5. The number of amides is 1. The summed E-state index contributed by atoms with van der Waals surface area (Å²) in [4.78, 5) is 30.0. The van der Waals surface area contributed by atoms with Crippen LogP contribution in [0.5, 0.6) is 0 Å². The molecular formula is C19H20N2O3S2. The second-order valence-electron chi connectivity index (χ2n) is 6.51. The van der Waals surface area contributed by atoms with Crippen LogP contribution in [0.4, 0.5) is 0 Å². The number of rotatable bonds is 6. The Morgan fingerprint density at radius 1 is 1.15 bits per heavy atom. The van der Waals surface area contributed by atoms with Crippen molar-refractivity contribution in [2.24, 2.45) is 0 Å². The third-order valence-corrected chi connectivity index (χ3v) is 6.28. The van der Waals surface area contributed by atoms with Crippen LogP contribution in [0, 0.1) is 0 Å². The number of carbonyl (C=O) groups is 2. The largest absolute Gasteiger partial charge is 0.451 e. The molecule has 0 atom stereocenters. The van der Waals surface area contributed by atoms with Crippen molar-refractivity contribution in [1.82, 2.24) is 10.3 Å². The highest BCUT2D eigenvalue weighted by Crippen LogP contribution is 2.34. The maximum Gasteiger partial charge on any atom is 0.348 e. The van der Waals surface area contributed by atoms with E-state index in [0.29, 0.717) is 4.88 Å². The minimum absolute atomic E-state index is 0.281. The van der Waals surface area contributed by atoms with E-state index in [0.717, 1.165) is 26.5 Å². The number of thiophene rings is 1. The van der Waals surface area contributed by atoms with Gasteiger partial charge >= 0.3 is 5.97 Å². The third kappa shape index (κ3) is 4.28. The van der Waals surface area contributed by atoms with Gasteiger partial charge in [0.15, 0.2) is 6.61 Å². The number of fused-ring (bicyclic) bond motifs is 1. The van der Waals surface area contributed by atoms with Crippen LogP contribution in [0.3, 0.4) is 0 Å². The fourth-order valence-corrected chi connectivity index (χ4v) is 4.16. The molecule has 0 aliphatic carbocycles. The minimum atomic E-state index is -0.494. The quantitative estimate of drug-likeness (QED) is 0.632. The summed E-state index contributed by atoms with van der Waals surface area (Å²) in [6.45, 7) is 5.56. The summed E-state index contributed by atoms with van der Waals surface area (Å²) < 4.78 is 6.24. The van der Waals surface area contributed by atoms with E-state index in [2.05, 4.69) is 10.3 Å². The number of esters is 1. The maximum absolute atomic E-state index is 12.2. The molecule has 7 heteroatoms. The highest BCUT2D eigenvalue weighted by atomic mass is 32.1. The van der Waals surface area contributed by atoms with Gasteiger partial charge in [-0.15, -0.1) is 22.7 Å². The van der Waals surface area contributed by atoms with Gasteiger partial charge in [-0.25, -0.2) is 9.78 Å². The van der Waals surface area contributed by atoms with Gasteiger partial charge in [-0.3, -0.25) is 4.79 Å². The van der Waals surface area contributed by atoms with Crippen molar-refractivity contribution < 1.29 is 14.3 Å². The average Bonchev–Trinajstić information content (AvgIpc) is 3.25. The Bertz CT molecular complexity index is 910. The van der Waals surface area contributed by atoms with Gasteiger partial charge in [0.25, 0.3) is 5.91 Å². The number of aromatic nitrogens is 1. The Morgan fingerprint density at radius 2 is 1.92 bits per heavy atom. The van der Waals surface area contributed by atoms with Gasteiger partial charge in [0.1, 0.15) is 9.88 Å². The monoisotopic (exact) mass is 388 g/mol. The molecule has 0 aliphatic heterocycles. The van der Waals surface area contributed by atoms with Crippen molar-refractivity contribution in [3.63, 3.8) is 0 Å². The van der Waals surface area contributed by atoms with E-state index in [1.807, 2.05) is 51.1 Å². The first-order valence-corrected chi connectivity index (χ1v) is 9.95. The Hall–Kier alpha value is -2.25. The molecule has 0 saturated carbocycles. The Labute approximate surface area is 160 Å². The molecule has 2 aromatic heterocycles. The first-order valence-electron chi connectivity index (χ1n) is 8.32. The fraction of sp³-hybridized carbons (Fsp3) is 0.316. The summed E-state index contributed by atoms with van der Waals surface area (Å²) in [6.07, 6.45) is 0.795. The number of thiazole rings is 1. The number of benzene rings is 1. The zero-order valence-corrected chi connectivity index (χ0v) is 16.5. The molecule has 26 heavy (non-hydrogen) atoms. The summed E-state index contributed by atoms with van der Waals surface area (Å²) in [6, 6.07) is 11.5. The molecular weight excluding hydrogens is 368 g/mol. The second kappa shape index (κ2) is 7.55. The molecule has 0 fully saturated rings. The van der Waals surface area contributed by atoms with E-state index in [9.17, 15) is 9.59 Å². The molecule has 136 valence electrons. The number of para-hydroxylation sites is 1. The van der Waals surface area contributed by atoms with E-state index in [-0.39, 0.29) is 18.1 Å². The van der Waals surface area contributed by atoms with Crippen molar-refractivity contribution >= 4 is 44.8 Å². The van der Waals surface area contributed by atoms with E-state index in [4.69, 9.17) is 4.74 Å². The lowest BCUT2D eigenvalue weighted by atomic mass is 10.0. The molecule has 0 bridgehead atoms. The molecule has 3 rings (SSSR count). The van der Waals surface area contributed by atoms with Crippen LogP contribution in [0.1, 0.15) is 36.9 Å². The third-order valence-electron chi connectivity index (χ3n) is 4.01. The average molecular weight is 389 g/mol. The van der Waals surface area contributed by atoms with Crippen LogP contribution in [-0.4, -0.2) is 29.0 Å². The van der Waals surface area contributed by atoms with Crippen molar-refractivity contribution in [2.45, 2.75) is 32.7 Å². The molecule has 1 N–H and O–H groups in total. The highest BCUT2D eigenvalue weighted by molar-refractivity contribution is 7.26. The number of hydrogen-bond acceptors (Lipinski definition) is 6. The maximum atomic E-state index is 12.2. The lowest BCUT2D eigenvalue weighted by Gasteiger charge is -2.24. The van der Waals surface area contributed by atoms with E-state index in [1.165, 1.54) is 11.3 Å². The number of nitrogens with one attached hydrogen (secondary N) is 1. The molecule has 0 aliphatic rings. The predicted octanol–water partition coefficient (Wildman–Crippen LogP) is 4.49. The molecule has 2 heterocycles. The molecule has 0 radical (unpaired) electrons. The second-order valence-corrected chi connectivity index (χ2v) is 8.63. The van der Waals surface area contributed by atoms with Crippen LogP contribution >= 0.6 is 22.7 Å². The summed E-state index contributed by atoms with van der Waals surface area (Å²) in [5.41, 5.74) is 0.632. The zero-order chi connectivity index (χ0) is 18.7. The Morgan fingerprint density at radius 3 is 2.65 bits per heavy atom. The first-order chi connectivity index (χ1) is 12.4. The molecule has 5 nitrogen and oxygen atoms in total. The zero-order valence-electron chi connectivity index (χ0n) is 14.9. The first kappa shape index (κ1) is 18.5. The van der Waals surface area contributed by atoms with Crippen LogP contribution in [0.2, 0.25) is 0 Å². The summed E-state index contributed by atoms with van der Waals surface area (Å²) in [5, 5.41) is 3.71. The van der Waals surface area contributed by atoms with Crippen LogP contribution < -0.4 is 5.32 Å². The van der Waals surface area contributed by atoms with E-state index in [1.54, 1.807) is 17.4 Å². The Kier molecular flexibility index (Phi) is 5.38. The molecule has 0 spiro atoms. The topological polar surface area (TPSA) is 68.3 Å². The van der Waals surface area contributed by atoms with Gasteiger partial charge in [-0.05, 0) is 44.5 Å². The van der Waals surface area contributed by atoms with Gasteiger partial charge in [0, 0.05) is 5.54 Å². The summed E-state index contributed by atoms with van der Waals surface area (Å²) >= 11 is 2.91. The lowest BCUT2D eigenvalue weighted by Crippen LogP contribution is -2.44. The number of nitrogens with zero attached hydrogens (tertiary/aromatic N) is 1. The predicted molar refractivity (Wildman–Crippen MR) is 106 cm³/mol. The van der Waals surface area contributed by atoms with Crippen molar-refractivity contribution in [1.29, 1.82) is 0 Å². The molecule has 3 aromatic rings. The molecule has 0 unspecified atom stereocenters. The molecule has 1 aromatic carbocycles. The number of carbonyl (C=O) groups excluding carboxylic acids is 2. The fourth-order valence-electron chi connectivity index (χ4n) is 2.24. The highest BCUT2D eigenvalue weighted by Gasteiger charge is 2.20. The van der Waals surface area contributed by atoms with Gasteiger partial charge in [0.2, 0.25) is 0 Å². The standard InChI is InChI=1S/C19H20N2O3S2/c1-4-19(2,3)21-16(22)11-24-18(23)15-10-9-14(25-15)17-20-12-7-5-6-8-13(12)26-17/h5-10H,4,11H2,1-3H3,(H,21,22). The van der Waals surface area contributed by atoms with Crippen LogP contribution in [-0.2, 0) is 9.53 Å². The minimum Gasteiger partial charge on any atom is -0.451 e. The number of ether oxygens (including phenoxy) is 1. The SMILES string of the molecule is CCC(C)(C)NC(=O)COC(=O)c1ccc(-c2nc3ccccc3s2)s1. The van der Waals surface area contributed by atoms with Gasteiger partial charge in [-0.2, -0.15) is 0 Å². The van der Waals surface area contributed by atoms with Gasteiger partial charge < -0.3 is 10.1 Å². The summed E-state index contributed by atoms with van der Waals surface area (Å²) in [7, 11) is 0. The van der Waals surface area contributed by atoms with Gasteiger partial charge in [0.05, 0.1) is 15.1 Å². The lowest BCUT2D eigenvalue weighted by molar-refractivity contribution is -0.125. The van der Waals surface area contributed by atoms with E-state index >= 15 is 0 Å². The molecule has 1 amide bonds. The van der Waals surface area contributed by atoms with E-state index < -0.39 is 5.97 Å². The van der Waals surface area contributed by atoms with Crippen LogP contribution in [0.15, 0.2) is 36.4 Å². The van der Waals surface area contributed by atoms with Gasteiger partial charge in [-0.1, -0.05) is 19.1 Å². The molecule has 0 saturated heterocycles. The van der Waals surface area contributed by atoms with Crippen molar-refractivity contribution in [2.75, 3.05) is 6.61 Å². The van der Waals surface area contributed by atoms with Crippen molar-refractivity contribution in [3.8, 4) is 9.88 Å².